The third-order valence-electron chi connectivity index (χ3n) is 4.46. The van der Waals surface area contributed by atoms with Gasteiger partial charge in [0.2, 0.25) is 0 Å². The summed E-state index contributed by atoms with van der Waals surface area (Å²) in [6.45, 7) is 2.09. The Kier molecular flexibility index (Phi) is 3.39. The zero-order valence-corrected chi connectivity index (χ0v) is 12.1. The first-order valence-corrected chi connectivity index (χ1v) is 8.85. The fraction of sp³-hybridized carbons (Fsp3) is 0.600. The number of aryl methyl sites for hydroxylation is 1. The van der Waals surface area contributed by atoms with Crippen molar-refractivity contribution in [2.75, 3.05) is 5.75 Å². The van der Waals surface area contributed by atoms with E-state index in [-0.39, 0.29) is 17.3 Å². The maximum atomic E-state index is 12.5. The molecule has 104 valence electrons. The Labute approximate surface area is 115 Å². The van der Waals surface area contributed by atoms with Crippen LogP contribution in [0.25, 0.3) is 0 Å². The van der Waals surface area contributed by atoms with E-state index in [0.717, 1.165) is 25.7 Å². The smallest absolute Gasteiger partial charge is 0.155 e. The summed E-state index contributed by atoms with van der Waals surface area (Å²) in [5, 5.41) is 3.30. The van der Waals surface area contributed by atoms with E-state index in [4.69, 9.17) is 0 Å². The molecule has 1 aromatic rings. The van der Waals surface area contributed by atoms with Crippen LogP contribution in [-0.4, -0.2) is 25.5 Å². The van der Waals surface area contributed by atoms with Crippen LogP contribution in [0.2, 0.25) is 0 Å². The molecular formula is C15H21NO2S. The van der Waals surface area contributed by atoms with E-state index in [1.54, 1.807) is 0 Å². The molecule has 1 fully saturated rings. The highest BCUT2D eigenvalue weighted by Gasteiger charge is 2.39. The average Bonchev–Trinajstić information content (AvgIpc) is 2.63. The normalized spacial score (nSPS) is 33.6. The summed E-state index contributed by atoms with van der Waals surface area (Å²) < 4.78 is 25.0. The molecular weight excluding hydrogens is 258 g/mol. The number of nitrogens with one attached hydrogen (secondary N) is 1. The van der Waals surface area contributed by atoms with Crippen LogP contribution >= 0.6 is 0 Å². The van der Waals surface area contributed by atoms with Gasteiger partial charge >= 0.3 is 0 Å². The van der Waals surface area contributed by atoms with E-state index in [1.165, 1.54) is 11.1 Å². The molecule has 1 N–H and O–H groups in total. The maximum absolute atomic E-state index is 12.5. The van der Waals surface area contributed by atoms with Crippen molar-refractivity contribution in [3.63, 3.8) is 0 Å². The summed E-state index contributed by atoms with van der Waals surface area (Å²) in [4.78, 5) is 0. The first kappa shape index (κ1) is 13.1. The van der Waals surface area contributed by atoms with Crippen LogP contribution in [0.1, 0.15) is 43.4 Å². The molecule has 1 aliphatic heterocycles. The summed E-state index contributed by atoms with van der Waals surface area (Å²) in [7, 11) is -2.98. The zero-order chi connectivity index (χ0) is 13.5. The Morgan fingerprint density at radius 3 is 2.84 bits per heavy atom. The minimum absolute atomic E-state index is 0.0267. The van der Waals surface area contributed by atoms with Gasteiger partial charge in [0.1, 0.15) is 0 Å². The number of hydrogen-bond acceptors (Lipinski definition) is 3. The lowest BCUT2D eigenvalue weighted by Crippen LogP contribution is -2.37. The molecule has 3 atom stereocenters. The minimum Gasteiger partial charge on any atom is -0.306 e. The summed E-state index contributed by atoms with van der Waals surface area (Å²) in [6, 6.07) is 8.54. The highest BCUT2D eigenvalue weighted by Crippen LogP contribution is 2.35. The molecule has 0 spiro atoms. The van der Waals surface area contributed by atoms with Crippen molar-refractivity contribution < 1.29 is 8.42 Å². The Morgan fingerprint density at radius 2 is 2.00 bits per heavy atom. The van der Waals surface area contributed by atoms with Crippen LogP contribution < -0.4 is 5.32 Å². The first-order valence-electron chi connectivity index (χ1n) is 7.13. The largest absolute Gasteiger partial charge is 0.306 e. The average molecular weight is 279 g/mol. The second-order valence-corrected chi connectivity index (χ2v) is 8.17. The zero-order valence-electron chi connectivity index (χ0n) is 11.3. The highest BCUT2D eigenvalue weighted by molar-refractivity contribution is 7.92. The van der Waals surface area contributed by atoms with Crippen molar-refractivity contribution in [2.45, 2.75) is 49.9 Å². The van der Waals surface area contributed by atoms with Crippen LogP contribution in [0, 0.1) is 0 Å². The number of rotatable bonds is 0. The molecule has 0 radical (unpaired) electrons. The summed E-state index contributed by atoms with van der Waals surface area (Å²) >= 11 is 0. The molecule has 4 heteroatoms. The highest BCUT2D eigenvalue weighted by atomic mass is 32.2. The van der Waals surface area contributed by atoms with Gasteiger partial charge in [0.25, 0.3) is 0 Å². The third-order valence-corrected chi connectivity index (χ3v) is 6.69. The Bertz CT molecular complexity index is 567. The van der Waals surface area contributed by atoms with E-state index in [9.17, 15) is 8.42 Å². The predicted molar refractivity (Wildman–Crippen MR) is 76.9 cm³/mol. The van der Waals surface area contributed by atoms with Crippen molar-refractivity contribution >= 4 is 9.84 Å². The van der Waals surface area contributed by atoms with Gasteiger partial charge in [-0.1, -0.05) is 24.3 Å². The quantitative estimate of drug-likeness (QED) is 0.792. The van der Waals surface area contributed by atoms with Crippen LogP contribution in [0.15, 0.2) is 24.3 Å². The lowest BCUT2D eigenvalue weighted by Gasteiger charge is -2.26. The van der Waals surface area contributed by atoms with Gasteiger partial charge in [0, 0.05) is 12.1 Å². The molecule has 0 saturated carbocycles. The number of hydrogen-bond donors (Lipinski definition) is 1. The monoisotopic (exact) mass is 279 g/mol. The second kappa shape index (κ2) is 4.91. The lowest BCUT2D eigenvalue weighted by atomic mass is 9.98. The van der Waals surface area contributed by atoms with Gasteiger partial charge in [-0.15, -0.1) is 0 Å². The Hall–Kier alpha value is -0.870. The third kappa shape index (κ3) is 2.43. The number of benzene rings is 1. The molecule has 19 heavy (non-hydrogen) atoms. The molecule has 1 aromatic carbocycles. The van der Waals surface area contributed by atoms with Gasteiger partial charge < -0.3 is 5.32 Å². The van der Waals surface area contributed by atoms with Crippen LogP contribution in [-0.2, 0) is 16.3 Å². The van der Waals surface area contributed by atoms with Gasteiger partial charge in [0.05, 0.1) is 11.0 Å². The van der Waals surface area contributed by atoms with Gasteiger partial charge in [-0.05, 0) is 43.7 Å². The molecule has 2 aliphatic rings. The summed E-state index contributed by atoms with van der Waals surface area (Å²) in [6.07, 6.45) is 3.46. The van der Waals surface area contributed by atoms with Gasteiger partial charge in [0.15, 0.2) is 9.84 Å². The Balaban J connectivity index is 2.10. The number of sulfone groups is 1. The SMILES string of the molecule is CC1CCS(=O)(=O)C2CCCc3ccccc3C2N1. The molecule has 0 aromatic heterocycles. The van der Waals surface area contributed by atoms with E-state index < -0.39 is 9.84 Å². The lowest BCUT2D eigenvalue weighted by molar-refractivity contribution is 0.436. The molecule has 1 heterocycles. The van der Waals surface area contributed by atoms with Crippen molar-refractivity contribution in [3.8, 4) is 0 Å². The molecule has 1 aliphatic carbocycles. The molecule has 0 amide bonds. The van der Waals surface area contributed by atoms with E-state index in [0.29, 0.717) is 5.75 Å². The van der Waals surface area contributed by atoms with Gasteiger partial charge in [-0.2, -0.15) is 0 Å². The van der Waals surface area contributed by atoms with E-state index >= 15 is 0 Å². The summed E-state index contributed by atoms with van der Waals surface area (Å²) in [5.41, 5.74) is 2.51. The molecule has 3 unspecified atom stereocenters. The minimum atomic E-state index is -2.98. The molecule has 1 saturated heterocycles. The van der Waals surface area contributed by atoms with Gasteiger partial charge in [-0.3, -0.25) is 0 Å². The summed E-state index contributed by atoms with van der Waals surface area (Å²) in [5.74, 6) is 0.324. The van der Waals surface area contributed by atoms with Crippen LogP contribution in [0.4, 0.5) is 0 Å². The second-order valence-electron chi connectivity index (χ2n) is 5.83. The van der Waals surface area contributed by atoms with Crippen molar-refractivity contribution in [1.82, 2.24) is 5.32 Å². The standard InChI is InChI=1S/C15H21NO2S/c1-11-9-10-19(17,18)14-8-4-6-12-5-2-3-7-13(12)15(14)16-11/h2-3,5,7,11,14-16H,4,6,8-10H2,1H3. The maximum Gasteiger partial charge on any atom is 0.155 e. The number of fused-ring (bicyclic) bond motifs is 3. The fourth-order valence-corrected chi connectivity index (χ4v) is 5.54. The predicted octanol–water partition coefficient (Wildman–Crippen LogP) is 2.23. The Morgan fingerprint density at radius 1 is 1.21 bits per heavy atom. The van der Waals surface area contributed by atoms with Crippen molar-refractivity contribution in [3.05, 3.63) is 35.4 Å². The fourth-order valence-electron chi connectivity index (χ4n) is 3.39. The molecule has 0 bridgehead atoms. The van der Waals surface area contributed by atoms with E-state index in [1.807, 2.05) is 12.1 Å². The van der Waals surface area contributed by atoms with Crippen LogP contribution in [0.5, 0.6) is 0 Å². The van der Waals surface area contributed by atoms with Crippen molar-refractivity contribution in [2.24, 2.45) is 0 Å². The van der Waals surface area contributed by atoms with Crippen LogP contribution in [0.3, 0.4) is 0 Å². The van der Waals surface area contributed by atoms with Gasteiger partial charge in [-0.25, -0.2) is 8.42 Å². The molecule has 3 nitrogen and oxygen atoms in total. The first-order chi connectivity index (χ1) is 9.08. The topological polar surface area (TPSA) is 46.2 Å². The molecule has 3 rings (SSSR count). The van der Waals surface area contributed by atoms with Crippen molar-refractivity contribution in [1.29, 1.82) is 0 Å². The van der Waals surface area contributed by atoms with E-state index in [2.05, 4.69) is 24.4 Å².